The van der Waals surface area contributed by atoms with Gasteiger partial charge in [0.1, 0.15) is 11.6 Å². The maximum absolute atomic E-state index is 13.3. The van der Waals surface area contributed by atoms with Crippen LogP contribution in [0.3, 0.4) is 0 Å². The van der Waals surface area contributed by atoms with Crippen LogP contribution in [0.5, 0.6) is 0 Å². The van der Waals surface area contributed by atoms with Gasteiger partial charge in [-0.25, -0.2) is 0 Å². The minimum atomic E-state index is -1.05. The molecule has 1 amide bonds. The van der Waals surface area contributed by atoms with Crippen molar-refractivity contribution in [1.29, 1.82) is 0 Å². The van der Waals surface area contributed by atoms with Crippen molar-refractivity contribution >= 4 is 11.9 Å². The fourth-order valence-electron chi connectivity index (χ4n) is 3.85. The number of hydrogen-bond donors (Lipinski definition) is 3. The van der Waals surface area contributed by atoms with Crippen LogP contribution < -0.4 is 10.6 Å². The average Bonchev–Trinajstić information content (AvgIpc) is 2.78. The van der Waals surface area contributed by atoms with Crippen LogP contribution in [0.2, 0.25) is 0 Å². The van der Waals surface area contributed by atoms with Gasteiger partial charge >= 0.3 is 5.97 Å². The highest BCUT2D eigenvalue weighted by molar-refractivity contribution is 5.85. The van der Waals surface area contributed by atoms with Gasteiger partial charge in [-0.05, 0) is 16.7 Å². The number of hydrogen-bond acceptors (Lipinski definition) is 3. The largest absolute Gasteiger partial charge is 0.480 e. The van der Waals surface area contributed by atoms with Crippen LogP contribution in [-0.4, -0.2) is 29.1 Å². The van der Waals surface area contributed by atoms with Crippen LogP contribution in [0.4, 0.5) is 0 Å². The molecule has 31 heavy (non-hydrogen) atoms. The van der Waals surface area contributed by atoms with E-state index in [0.29, 0.717) is 0 Å². The molecule has 0 aliphatic rings. The molecule has 3 N–H and O–H groups in total. The number of benzene rings is 3. The molecular weight excluding hydrogens is 388 g/mol. The van der Waals surface area contributed by atoms with Gasteiger partial charge < -0.3 is 15.7 Å². The normalized spacial score (nSPS) is 12.4. The summed E-state index contributed by atoms with van der Waals surface area (Å²) in [5, 5.41) is 15.7. The highest BCUT2D eigenvalue weighted by Crippen LogP contribution is 2.36. The molecule has 0 aliphatic heterocycles. The van der Waals surface area contributed by atoms with Gasteiger partial charge in [0, 0.05) is 6.04 Å². The van der Waals surface area contributed by atoms with Gasteiger partial charge in [0.25, 0.3) is 0 Å². The lowest BCUT2D eigenvalue weighted by Gasteiger charge is -2.37. The Balaban J connectivity index is 2.10. The number of rotatable bonds is 9. The zero-order chi connectivity index (χ0) is 22.3. The molecule has 1 unspecified atom stereocenters. The Morgan fingerprint density at radius 1 is 0.774 bits per heavy atom. The summed E-state index contributed by atoms with van der Waals surface area (Å²) in [5.41, 5.74) is 1.72. The fraction of sp³-hybridized carbons (Fsp3) is 0.231. The number of carbonyl (C=O) groups excluding carboxylic acids is 1. The van der Waals surface area contributed by atoms with Gasteiger partial charge in [-0.15, -0.1) is 0 Å². The molecule has 3 aromatic rings. The third kappa shape index (κ3) is 5.19. The molecule has 0 aliphatic carbocycles. The van der Waals surface area contributed by atoms with Crippen molar-refractivity contribution < 1.29 is 14.7 Å². The summed E-state index contributed by atoms with van der Waals surface area (Å²) in [6.45, 7) is 3.71. The summed E-state index contributed by atoms with van der Waals surface area (Å²) < 4.78 is 0. The molecule has 1 atom stereocenters. The number of carbonyl (C=O) groups is 2. The average molecular weight is 417 g/mol. The lowest BCUT2D eigenvalue weighted by molar-refractivity contribution is -0.141. The van der Waals surface area contributed by atoms with Gasteiger partial charge in [-0.1, -0.05) is 105 Å². The van der Waals surface area contributed by atoms with Crippen LogP contribution in [0.25, 0.3) is 0 Å². The van der Waals surface area contributed by atoms with Crippen molar-refractivity contribution in [2.45, 2.75) is 37.9 Å². The molecule has 0 fully saturated rings. The van der Waals surface area contributed by atoms with Crippen molar-refractivity contribution in [2.24, 2.45) is 0 Å². The highest BCUT2D eigenvalue weighted by Gasteiger charge is 2.38. The Labute approximate surface area is 183 Å². The first-order chi connectivity index (χ1) is 14.9. The molecule has 3 aromatic carbocycles. The number of nitrogens with one attached hydrogen (secondary N) is 2. The number of aliphatic carboxylic acids is 1. The second-order valence-corrected chi connectivity index (χ2v) is 7.81. The van der Waals surface area contributed by atoms with Gasteiger partial charge in [0.15, 0.2) is 0 Å². The summed E-state index contributed by atoms with van der Waals surface area (Å²) in [6.07, 6.45) is -0.179. The van der Waals surface area contributed by atoms with Gasteiger partial charge in [0.2, 0.25) is 5.91 Å². The van der Waals surface area contributed by atoms with Crippen LogP contribution >= 0.6 is 0 Å². The van der Waals surface area contributed by atoms with E-state index in [1.54, 1.807) is 0 Å². The fourth-order valence-corrected chi connectivity index (χ4v) is 3.85. The second-order valence-electron chi connectivity index (χ2n) is 7.81. The van der Waals surface area contributed by atoms with E-state index < -0.39 is 17.6 Å². The Kier molecular flexibility index (Phi) is 7.21. The van der Waals surface area contributed by atoms with Crippen LogP contribution in [0.15, 0.2) is 91.0 Å². The second kappa shape index (κ2) is 10.0. The number of amides is 1. The Morgan fingerprint density at radius 2 is 1.16 bits per heavy atom. The molecule has 0 aromatic heterocycles. The van der Waals surface area contributed by atoms with E-state index in [-0.39, 0.29) is 18.4 Å². The lowest BCUT2D eigenvalue weighted by Crippen LogP contribution is -2.51. The zero-order valence-electron chi connectivity index (χ0n) is 17.8. The molecule has 0 saturated carbocycles. The predicted octanol–water partition coefficient (Wildman–Crippen LogP) is 3.94. The Hall–Kier alpha value is -3.44. The molecule has 0 radical (unpaired) electrons. The quantitative estimate of drug-likeness (QED) is 0.462. The molecular formula is C26H28N2O3. The predicted molar refractivity (Wildman–Crippen MR) is 122 cm³/mol. The summed E-state index contributed by atoms with van der Waals surface area (Å²) >= 11 is 0. The molecule has 5 nitrogen and oxygen atoms in total. The molecule has 160 valence electrons. The maximum atomic E-state index is 13.3. The van der Waals surface area contributed by atoms with E-state index in [9.17, 15) is 14.7 Å². The number of carboxylic acids is 1. The summed E-state index contributed by atoms with van der Waals surface area (Å²) in [4.78, 5) is 25.0. The lowest BCUT2D eigenvalue weighted by atomic mass is 9.77. The summed E-state index contributed by atoms with van der Waals surface area (Å²) in [7, 11) is 0. The third-order valence-corrected chi connectivity index (χ3v) is 5.17. The highest BCUT2D eigenvalue weighted by atomic mass is 16.4. The Bertz CT molecular complexity index is 892. The van der Waals surface area contributed by atoms with Crippen LogP contribution in [0.1, 0.15) is 37.0 Å². The van der Waals surface area contributed by atoms with Gasteiger partial charge in [-0.3, -0.25) is 9.59 Å². The smallest absolute Gasteiger partial charge is 0.321 e. The SMILES string of the molecule is CC(C)NC(CC(=O)NC(c1ccccc1)(c1ccccc1)c1ccccc1)C(=O)O. The van der Waals surface area contributed by atoms with Crippen molar-refractivity contribution in [2.75, 3.05) is 0 Å². The van der Waals surface area contributed by atoms with E-state index in [4.69, 9.17) is 0 Å². The standard InChI is InChI=1S/C26H28N2O3/c1-19(2)27-23(25(30)31)18-24(29)28-26(20-12-6-3-7-13-20,21-14-8-4-9-15-21)22-16-10-5-11-17-22/h3-17,19,23,27H,18H2,1-2H3,(H,28,29)(H,30,31). The summed E-state index contributed by atoms with van der Waals surface area (Å²) in [5.74, 6) is -1.40. The van der Waals surface area contributed by atoms with E-state index >= 15 is 0 Å². The van der Waals surface area contributed by atoms with Crippen LogP contribution in [-0.2, 0) is 15.1 Å². The minimum absolute atomic E-state index is 0.0592. The molecule has 0 heterocycles. The maximum Gasteiger partial charge on any atom is 0.321 e. The van der Waals surface area contributed by atoms with Crippen molar-refractivity contribution in [3.05, 3.63) is 108 Å². The monoisotopic (exact) mass is 416 g/mol. The topological polar surface area (TPSA) is 78.4 Å². The minimum Gasteiger partial charge on any atom is -0.480 e. The van der Waals surface area contributed by atoms with E-state index in [2.05, 4.69) is 10.6 Å². The number of carboxylic acid groups (broad SMARTS) is 1. The van der Waals surface area contributed by atoms with Crippen molar-refractivity contribution in [3.63, 3.8) is 0 Å². The Morgan fingerprint density at radius 3 is 1.48 bits per heavy atom. The molecule has 5 heteroatoms. The van der Waals surface area contributed by atoms with E-state index in [1.165, 1.54) is 0 Å². The first kappa shape index (κ1) is 22.2. The first-order valence-corrected chi connectivity index (χ1v) is 10.4. The molecule has 0 saturated heterocycles. The zero-order valence-corrected chi connectivity index (χ0v) is 17.8. The van der Waals surface area contributed by atoms with Crippen LogP contribution in [0, 0.1) is 0 Å². The van der Waals surface area contributed by atoms with Gasteiger partial charge in [0.05, 0.1) is 6.42 Å². The van der Waals surface area contributed by atoms with Crippen molar-refractivity contribution in [1.82, 2.24) is 10.6 Å². The van der Waals surface area contributed by atoms with E-state index in [1.807, 2.05) is 105 Å². The molecule has 3 rings (SSSR count). The van der Waals surface area contributed by atoms with Crippen molar-refractivity contribution in [3.8, 4) is 0 Å². The molecule has 0 spiro atoms. The third-order valence-electron chi connectivity index (χ3n) is 5.17. The summed E-state index contributed by atoms with van der Waals surface area (Å²) in [6, 6.07) is 28.2. The van der Waals surface area contributed by atoms with Gasteiger partial charge in [-0.2, -0.15) is 0 Å². The van der Waals surface area contributed by atoms with E-state index in [0.717, 1.165) is 16.7 Å². The molecule has 0 bridgehead atoms. The first-order valence-electron chi connectivity index (χ1n) is 10.4.